The molecule has 6 aromatic rings. The van der Waals surface area contributed by atoms with E-state index in [2.05, 4.69) is 139 Å². The highest BCUT2D eigenvalue weighted by Gasteiger charge is 2.16. The average Bonchev–Trinajstić information content (AvgIpc) is 3.01. The van der Waals surface area contributed by atoms with Crippen LogP contribution in [0.2, 0.25) is 0 Å². The first kappa shape index (κ1) is 23.5. The van der Waals surface area contributed by atoms with Gasteiger partial charge in [-0.2, -0.15) is 0 Å². The first-order chi connectivity index (χ1) is 19.3. The third-order valence-electron chi connectivity index (χ3n) is 8.10. The summed E-state index contributed by atoms with van der Waals surface area (Å²) in [4.78, 5) is 0. The minimum atomic E-state index is 1.10. The summed E-state index contributed by atoms with van der Waals surface area (Å²) in [6.45, 7) is 0. The van der Waals surface area contributed by atoms with Crippen molar-refractivity contribution in [2.75, 3.05) is 5.32 Å². The zero-order chi connectivity index (χ0) is 26.0. The summed E-state index contributed by atoms with van der Waals surface area (Å²) >= 11 is 0. The molecular weight excluding hydrogens is 470 g/mol. The summed E-state index contributed by atoms with van der Waals surface area (Å²) in [5.74, 6) is 0. The second kappa shape index (κ2) is 10.3. The predicted octanol–water partition coefficient (Wildman–Crippen LogP) is 10.5. The van der Waals surface area contributed by atoms with Gasteiger partial charge in [-0.15, -0.1) is 0 Å². The van der Waals surface area contributed by atoms with E-state index in [1.807, 2.05) is 0 Å². The fraction of sp³-hybridized carbons (Fsp3) is 0.105. The van der Waals surface area contributed by atoms with E-state index in [1.165, 1.54) is 81.0 Å². The third kappa shape index (κ3) is 4.51. The lowest BCUT2D eigenvalue weighted by Crippen LogP contribution is -2.05. The first-order valence-electron chi connectivity index (χ1n) is 14.0. The molecule has 0 aliphatic heterocycles. The molecule has 188 valence electrons. The van der Waals surface area contributed by atoms with E-state index in [0.29, 0.717) is 0 Å². The molecule has 1 N–H and O–H groups in total. The zero-order valence-corrected chi connectivity index (χ0v) is 22.0. The van der Waals surface area contributed by atoms with Gasteiger partial charge < -0.3 is 5.32 Å². The molecule has 39 heavy (non-hydrogen) atoms. The lowest BCUT2D eigenvalue weighted by atomic mass is 9.85. The molecule has 6 aromatic carbocycles. The monoisotopic (exact) mass is 501 g/mol. The molecule has 0 fully saturated rings. The van der Waals surface area contributed by atoms with Crippen molar-refractivity contribution < 1.29 is 0 Å². The average molecular weight is 502 g/mol. The van der Waals surface area contributed by atoms with Gasteiger partial charge in [0.1, 0.15) is 0 Å². The van der Waals surface area contributed by atoms with Crippen LogP contribution in [0.15, 0.2) is 133 Å². The highest BCUT2D eigenvalue weighted by Crippen LogP contribution is 2.38. The number of aryl methyl sites for hydroxylation is 1. The standard InChI is InChI=1S/C38H31N/c1-2-11-27(12-3-1)32-25-26-33(35-17-7-6-16-34(32)35)29-21-23-30(24-22-29)39-38-20-9-8-18-37(38)36-19-10-14-28-13-4-5-15-31(28)36/h1-3,6-12,14,16-26,39H,4-5,13,15H2. The van der Waals surface area contributed by atoms with Crippen molar-refractivity contribution in [3.05, 3.63) is 145 Å². The Balaban J connectivity index is 1.22. The minimum Gasteiger partial charge on any atom is -0.355 e. The Hall–Kier alpha value is -4.62. The van der Waals surface area contributed by atoms with E-state index < -0.39 is 0 Å². The van der Waals surface area contributed by atoms with E-state index in [1.54, 1.807) is 0 Å². The summed E-state index contributed by atoms with van der Waals surface area (Å²) in [5.41, 5.74) is 13.0. The van der Waals surface area contributed by atoms with Crippen LogP contribution < -0.4 is 5.32 Å². The number of benzene rings is 6. The molecule has 1 heteroatoms. The number of fused-ring (bicyclic) bond motifs is 2. The molecule has 0 unspecified atom stereocenters. The first-order valence-corrected chi connectivity index (χ1v) is 14.0. The molecule has 0 bridgehead atoms. The van der Waals surface area contributed by atoms with Crippen LogP contribution in [0.5, 0.6) is 0 Å². The van der Waals surface area contributed by atoms with Crippen LogP contribution in [0.3, 0.4) is 0 Å². The molecule has 0 saturated heterocycles. The Morgan fingerprint density at radius 1 is 0.410 bits per heavy atom. The molecule has 1 nitrogen and oxygen atoms in total. The molecule has 0 atom stereocenters. The van der Waals surface area contributed by atoms with Gasteiger partial charge in [0.15, 0.2) is 0 Å². The van der Waals surface area contributed by atoms with Crippen LogP contribution >= 0.6 is 0 Å². The van der Waals surface area contributed by atoms with E-state index in [4.69, 9.17) is 0 Å². The highest BCUT2D eigenvalue weighted by molar-refractivity contribution is 6.05. The Morgan fingerprint density at radius 3 is 1.79 bits per heavy atom. The topological polar surface area (TPSA) is 12.0 Å². The smallest absolute Gasteiger partial charge is 0.0464 e. The van der Waals surface area contributed by atoms with Gasteiger partial charge in [0.2, 0.25) is 0 Å². The third-order valence-corrected chi connectivity index (χ3v) is 8.10. The second-order valence-corrected chi connectivity index (χ2v) is 10.5. The number of hydrogen-bond donors (Lipinski definition) is 1. The number of anilines is 2. The molecular formula is C38H31N. The van der Waals surface area contributed by atoms with E-state index >= 15 is 0 Å². The quantitative estimate of drug-likeness (QED) is 0.248. The Morgan fingerprint density at radius 2 is 1.03 bits per heavy atom. The van der Waals surface area contributed by atoms with E-state index in [9.17, 15) is 0 Å². The molecule has 7 rings (SSSR count). The predicted molar refractivity (Wildman–Crippen MR) is 167 cm³/mol. The van der Waals surface area contributed by atoms with Crippen molar-refractivity contribution in [1.82, 2.24) is 0 Å². The van der Waals surface area contributed by atoms with Crippen molar-refractivity contribution in [3.8, 4) is 33.4 Å². The van der Waals surface area contributed by atoms with Crippen LogP contribution in [0.4, 0.5) is 11.4 Å². The zero-order valence-electron chi connectivity index (χ0n) is 22.0. The Bertz CT molecular complexity index is 1760. The van der Waals surface area contributed by atoms with E-state index in [0.717, 1.165) is 11.4 Å². The van der Waals surface area contributed by atoms with Crippen LogP contribution in [-0.2, 0) is 12.8 Å². The lowest BCUT2D eigenvalue weighted by molar-refractivity contribution is 0.687. The van der Waals surface area contributed by atoms with Crippen LogP contribution in [-0.4, -0.2) is 0 Å². The van der Waals surface area contributed by atoms with Crippen molar-refractivity contribution in [2.24, 2.45) is 0 Å². The molecule has 0 radical (unpaired) electrons. The van der Waals surface area contributed by atoms with Gasteiger partial charge in [-0.1, -0.05) is 115 Å². The summed E-state index contributed by atoms with van der Waals surface area (Å²) in [7, 11) is 0. The van der Waals surface area contributed by atoms with Gasteiger partial charge in [-0.05, 0) is 93.6 Å². The Kier molecular flexibility index (Phi) is 6.19. The molecule has 0 heterocycles. The second-order valence-electron chi connectivity index (χ2n) is 10.5. The molecule has 0 aromatic heterocycles. The van der Waals surface area contributed by atoms with Crippen LogP contribution in [0, 0.1) is 0 Å². The van der Waals surface area contributed by atoms with Crippen molar-refractivity contribution in [1.29, 1.82) is 0 Å². The maximum Gasteiger partial charge on any atom is 0.0464 e. The minimum absolute atomic E-state index is 1.10. The number of rotatable bonds is 5. The summed E-state index contributed by atoms with van der Waals surface area (Å²) in [6, 6.07) is 48.3. The van der Waals surface area contributed by atoms with Gasteiger partial charge in [0.25, 0.3) is 0 Å². The Labute approximate surface area is 230 Å². The van der Waals surface area contributed by atoms with Gasteiger partial charge in [-0.3, -0.25) is 0 Å². The van der Waals surface area contributed by atoms with Gasteiger partial charge in [0.05, 0.1) is 0 Å². The van der Waals surface area contributed by atoms with Gasteiger partial charge in [-0.25, -0.2) is 0 Å². The largest absolute Gasteiger partial charge is 0.355 e. The van der Waals surface area contributed by atoms with Gasteiger partial charge in [0, 0.05) is 16.9 Å². The maximum absolute atomic E-state index is 3.72. The summed E-state index contributed by atoms with van der Waals surface area (Å²) < 4.78 is 0. The molecule has 0 amide bonds. The molecule has 0 spiro atoms. The number of para-hydroxylation sites is 1. The maximum atomic E-state index is 3.72. The van der Waals surface area contributed by atoms with E-state index in [-0.39, 0.29) is 0 Å². The molecule has 1 aliphatic rings. The highest BCUT2D eigenvalue weighted by atomic mass is 14.9. The molecule has 0 saturated carbocycles. The van der Waals surface area contributed by atoms with Crippen molar-refractivity contribution in [2.45, 2.75) is 25.7 Å². The number of nitrogens with one attached hydrogen (secondary N) is 1. The summed E-state index contributed by atoms with van der Waals surface area (Å²) in [6.07, 6.45) is 4.95. The fourth-order valence-corrected chi connectivity index (χ4v) is 6.17. The lowest BCUT2D eigenvalue weighted by Gasteiger charge is -2.21. The SMILES string of the molecule is c1ccc(-c2ccc(-c3ccc(Nc4ccccc4-c4cccc5c4CCCC5)cc3)c3ccccc23)cc1. The van der Waals surface area contributed by atoms with Gasteiger partial charge >= 0.3 is 0 Å². The molecule has 1 aliphatic carbocycles. The van der Waals surface area contributed by atoms with Crippen LogP contribution in [0.25, 0.3) is 44.2 Å². The fourth-order valence-electron chi connectivity index (χ4n) is 6.17. The van der Waals surface area contributed by atoms with Crippen molar-refractivity contribution >= 4 is 22.1 Å². The van der Waals surface area contributed by atoms with Crippen LogP contribution in [0.1, 0.15) is 24.0 Å². The number of hydrogen-bond acceptors (Lipinski definition) is 1. The van der Waals surface area contributed by atoms with Crippen molar-refractivity contribution in [3.63, 3.8) is 0 Å². The normalized spacial score (nSPS) is 12.7. The summed E-state index contributed by atoms with van der Waals surface area (Å²) in [5, 5.41) is 6.28.